The summed E-state index contributed by atoms with van der Waals surface area (Å²) in [6.07, 6.45) is 0.948. The number of esters is 1. The second-order valence-corrected chi connectivity index (χ2v) is 4.24. The lowest BCUT2D eigenvalue weighted by Crippen LogP contribution is -2.29. The third-order valence-corrected chi connectivity index (χ3v) is 2.29. The van der Waals surface area contributed by atoms with Crippen LogP contribution in [0.15, 0.2) is 4.99 Å². The minimum Gasteiger partial charge on any atom is -0.392 e. The summed E-state index contributed by atoms with van der Waals surface area (Å²) in [6.45, 7) is 4.27. The highest BCUT2D eigenvalue weighted by atomic mass is 127. The van der Waals surface area contributed by atoms with Crippen LogP contribution in [0.2, 0.25) is 0 Å². The molecule has 6 heteroatoms. The zero-order valence-electron chi connectivity index (χ0n) is 10.1. The molecule has 16 heavy (non-hydrogen) atoms. The van der Waals surface area contributed by atoms with Gasteiger partial charge in [-0.25, -0.2) is 4.99 Å². The predicted octanol–water partition coefficient (Wildman–Crippen LogP) is 0.882. The van der Waals surface area contributed by atoms with Crippen molar-refractivity contribution < 1.29 is 9.53 Å². The van der Waals surface area contributed by atoms with Crippen molar-refractivity contribution in [2.45, 2.75) is 13.3 Å². The molecule has 0 aromatic rings. The van der Waals surface area contributed by atoms with Crippen molar-refractivity contribution in [1.29, 1.82) is 0 Å². The molecule has 0 unspecified atom stereocenters. The Balaban J connectivity index is 3.98. The van der Waals surface area contributed by atoms with E-state index in [0.29, 0.717) is 23.5 Å². The summed E-state index contributed by atoms with van der Waals surface area (Å²) in [7, 11) is 4.04. The lowest BCUT2D eigenvalue weighted by atomic mass is 10.4. The number of carbonyl (C=O) groups excluding carboxylic acids is 1. The Labute approximate surface area is 111 Å². The SMILES string of the molecule is CCNC(=NCCCN(C)C)OC(=O)CI. The average Bonchev–Trinajstić information content (AvgIpc) is 2.24. The van der Waals surface area contributed by atoms with Gasteiger partial charge in [-0.2, -0.15) is 0 Å². The van der Waals surface area contributed by atoms with Crippen LogP contribution < -0.4 is 5.32 Å². The summed E-state index contributed by atoms with van der Waals surface area (Å²) in [4.78, 5) is 17.4. The third kappa shape index (κ3) is 8.90. The number of amidine groups is 1. The fourth-order valence-corrected chi connectivity index (χ4v) is 1.13. The average molecular weight is 341 g/mol. The number of hydrogen-bond acceptors (Lipinski definition) is 4. The van der Waals surface area contributed by atoms with Crippen molar-refractivity contribution >= 4 is 34.6 Å². The molecule has 0 fully saturated rings. The first kappa shape index (κ1) is 15.6. The summed E-state index contributed by atoms with van der Waals surface area (Å²) in [6, 6.07) is 0.336. The van der Waals surface area contributed by atoms with Crippen LogP contribution in [0.5, 0.6) is 0 Å². The monoisotopic (exact) mass is 341 g/mol. The lowest BCUT2D eigenvalue weighted by molar-refractivity contribution is -0.132. The van der Waals surface area contributed by atoms with Crippen LogP contribution in [0.3, 0.4) is 0 Å². The minimum absolute atomic E-state index is 0.270. The van der Waals surface area contributed by atoms with Crippen molar-refractivity contribution in [2.75, 3.05) is 38.2 Å². The number of halogens is 1. The third-order valence-electron chi connectivity index (χ3n) is 1.67. The fourth-order valence-electron chi connectivity index (χ4n) is 0.978. The maximum Gasteiger partial charge on any atom is 0.323 e. The van der Waals surface area contributed by atoms with E-state index < -0.39 is 0 Å². The maximum atomic E-state index is 11.1. The molecule has 0 rings (SSSR count). The Kier molecular flexibility index (Phi) is 9.60. The van der Waals surface area contributed by atoms with Gasteiger partial charge in [0.15, 0.2) is 0 Å². The number of carbonyl (C=O) groups is 1. The van der Waals surface area contributed by atoms with Gasteiger partial charge in [0.25, 0.3) is 6.02 Å². The Bertz CT molecular complexity index is 232. The summed E-state index contributed by atoms with van der Waals surface area (Å²) >= 11 is 1.96. The van der Waals surface area contributed by atoms with Gasteiger partial charge in [-0.15, -0.1) is 0 Å². The first-order valence-corrected chi connectivity index (χ1v) is 6.82. The molecule has 0 radical (unpaired) electrons. The second kappa shape index (κ2) is 9.83. The lowest BCUT2D eigenvalue weighted by Gasteiger charge is -2.09. The molecule has 94 valence electrons. The van der Waals surface area contributed by atoms with Crippen LogP contribution >= 0.6 is 22.6 Å². The number of hydrogen-bond donors (Lipinski definition) is 1. The highest BCUT2D eigenvalue weighted by Crippen LogP contribution is 1.90. The van der Waals surface area contributed by atoms with E-state index in [4.69, 9.17) is 4.74 Å². The fraction of sp³-hybridized carbons (Fsp3) is 0.800. The van der Waals surface area contributed by atoms with Crippen molar-refractivity contribution in [2.24, 2.45) is 4.99 Å². The van der Waals surface area contributed by atoms with Crippen LogP contribution in [0, 0.1) is 0 Å². The van der Waals surface area contributed by atoms with E-state index in [1.807, 2.05) is 43.6 Å². The summed E-state index contributed by atoms with van der Waals surface area (Å²) in [5, 5.41) is 2.93. The van der Waals surface area contributed by atoms with Gasteiger partial charge in [0, 0.05) is 13.1 Å². The van der Waals surface area contributed by atoms with Crippen LogP contribution in [0.25, 0.3) is 0 Å². The van der Waals surface area contributed by atoms with E-state index in [2.05, 4.69) is 15.2 Å². The number of ether oxygens (including phenoxy) is 1. The first-order chi connectivity index (χ1) is 7.60. The van der Waals surface area contributed by atoms with Gasteiger partial charge in [-0.05, 0) is 34.0 Å². The minimum atomic E-state index is -0.270. The first-order valence-electron chi connectivity index (χ1n) is 5.29. The molecule has 0 aliphatic heterocycles. The van der Waals surface area contributed by atoms with E-state index in [1.54, 1.807) is 0 Å². The number of nitrogens with one attached hydrogen (secondary N) is 1. The number of rotatable bonds is 6. The molecule has 5 nitrogen and oxygen atoms in total. The summed E-state index contributed by atoms with van der Waals surface area (Å²) in [5.41, 5.74) is 0. The molecule has 1 N–H and O–H groups in total. The van der Waals surface area contributed by atoms with E-state index in [1.165, 1.54) is 0 Å². The van der Waals surface area contributed by atoms with Gasteiger partial charge in [0.1, 0.15) is 0 Å². The molecule has 0 amide bonds. The molecular formula is C10H20IN3O2. The van der Waals surface area contributed by atoms with Gasteiger partial charge < -0.3 is 15.0 Å². The summed E-state index contributed by atoms with van der Waals surface area (Å²) in [5.74, 6) is -0.270. The topological polar surface area (TPSA) is 53.9 Å². The molecular weight excluding hydrogens is 321 g/mol. The highest BCUT2D eigenvalue weighted by Gasteiger charge is 2.05. The van der Waals surface area contributed by atoms with Gasteiger partial charge in [-0.3, -0.25) is 4.79 Å². The predicted molar refractivity (Wildman–Crippen MR) is 74.1 cm³/mol. The molecule has 0 atom stereocenters. The Morgan fingerprint density at radius 1 is 1.50 bits per heavy atom. The van der Waals surface area contributed by atoms with Gasteiger partial charge in [0.05, 0.1) is 4.43 Å². The quantitative estimate of drug-likeness (QED) is 0.195. The highest BCUT2D eigenvalue weighted by molar-refractivity contribution is 14.1. The van der Waals surface area contributed by atoms with Crippen molar-refractivity contribution in [3.8, 4) is 0 Å². The Morgan fingerprint density at radius 2 is 2.19 bits per heavy atom. The van der Waals surface area contributed by atoms with Crippen LogP contribution in [-0.2, 0) is 9.53 Å². The van der Waals surface area contributed by atoms with Gasteiger partial charge in [-0.1, -0.05) is 22.6 Å². The molecule has 0 aliphatic carbocycles. The van der Waals surface area contributed by atoms with Crippen LogP contribution in [0.4, 0.5) is 0 Å². The molecule has 0 bridgehead atoms. The largest absolute Gasteiger partial charge is 0.392 e. The number of alkyl halides is 1. The molecule has 0 heterocycles. The maximum absolute atomic E-state index is 11.1. The standard InChI is InChI=1S/C10H20IN3O2/c1-4-12-10(16-9(15)8-11)13-6-5-7-14(2)3/h4-8H2,1-3H3,(H,12,13). The van der Waals surface area contributed by atoms with Gasteiger partial charge >= 0.3 is 5.97 Å². The molecule has 0 aliphatic rings. The zero-order chi connectivity index (χ0) is 12.4. The van der Waals surface area contributed by atoms with Crippen LogP contribution in [-0.4, -0.2) is 55.0 Å². The van der Waals surface area contributed by atoms with Crippen molar-refractivity contribution in [3.63, 3.8) is 0 Å². The van der Waals surface area contributed by atoms with E-state index in [-0.39, 0.29) is 5.97 Å². The Morgan fingerprint density at radius 3 is 2.69 bits per heavy atom. The second-order valence-electron chi connectivity index (χ2n) is 3.48. The van der Waals surface area contributed by atoms with Crippen LogP contribution in [0.1, 0.15) is 13.3 Å². The van der Waals surface area contributed by atoms with Crippen molar-refractivity contribution in [1.82, 2.24) is 10.2 Å². The van der Waals surface area contributed by atoms with E-state index in [9.17, 15) is 4.79 Å². The Hall–Kier alpha value is -0.370. The van der Waals surface area contributed by atoms with Gasteiger partial charge in [0.2, 0.25) is 0 Å². The number of nitrogens with zero attached hydrogens (tertiary/aromatic N) is 2. The van der Waals surface area contributed by atoms with Crippen molar-refractivity contribution in [3.05, 3.63) is 0 Å². The zero-order valence-corrected chi connectivity index (χ0v) is 12.3. The smallest absolute Gasteiger partial charge is 0.323 e. The molecule has 0 saturated carbocycles. The number of aliphatic imine (C=N–C) groups is 1. The van der Waals surface area contributed by atoms with E-state index in [0.717, 1.165) is 13.0 Å². The summed E-state index contributed by atoms with van der Waals surface area (Å²) < 4.78 is 5.36. The molecule has 0 saturated heterocycles. The molecule has 0 spiro atoms. The molecule has 0 aromatic carbocycles. The van der Waals surface area contributed by atoms with E-state index >= 15 is 0 Å². The normalized spacial score (nSPS) is 11.7. The molecule has 0 aromatic heterocycles.